The van der Waals surface area contributed by atoms with Crippen molar-refractivity contribution in [3.63, 3.8) is 0 Å². The number of halogens is 2. The quantitative estimate of drug-likeness (QED) is 0.721. The standard InChI is InChI=1S/C12H13F2NO/c1-9(16)10-2-4-11(5-3-10)15-7-6-12(13,14)8-15/h2-5H,6-8H2,1H3. The third kappa shape index (κ3) is 2.21. The van der Waals surface area contributed by atoms with E-state index >= 15 is 0 Å². The highest BCUT2D eigenvalue weighted by Gasteiger charge is 2.38. The minimum Gasteiger partial charge on any atom is -0.365 e. The Balaban J connectivity index is 2.14. The third-order valence-corrected chi connectivity index (χ3v) is 2.81. The van der Waals surface area contributed by atoms with Crippen molar-refractivity contribution in [2.24, 2.45) is 0 Å². The van der Waals surface area contributed by atoms with E-state index in [-0.39, 0.29) is 18.7 Å². The van der Waals surface area contributed by atoms with Gasteiger partial charge in [-0.2, -0.15) is 0 Å². The summed E-state index contributed by atoms with van der Waals surface area (Å²) in [5, 5.41) is 0. The molecule has 0 spiro atoms. The van der Waals surface area contributed by atoms with Crippen molar-refractivity contribution in [2.45, 2.75) is 19.3 Å². The van der Waals surface area contributed by atoms with Crippen LogP contribution in [0.2, 0.25) is 0 Å². The van der Waals surface area contributed by atoms with Gasteiger partial charge in [0.25, 0.3) is 5.92 Å². The van der Waals surface area contributed by atoms with Crippen LogP contribution in [-0.2, 0) is 0 Å². The predicted octanol–water partition coefficient (Wildman–Crippen LogP) is 2.73. The number of nitrogens with zero attached hydrogens (tertiary/aromatic N) is 1. The van der Waals surface area contributed by atoms with Crippen LogP contribution in [0.15, 0.2) is 24.3 Å². The Labute approximate surface area is 92.9 Å². The van der Waals surface area contributed by atoms with Crippen LogP contribution in [0.5, 0.6) is 0 Å². The number of carbonyl (C=O) groups excluding carboxylic acids is 1. The summed E-state index contributed by atoms with van der Waals surface area (Å²) in [6.45, 7) is 1.62. The fourth-order valence-electron chi connectivity index (χ4n) is 1.86. The van der Waals surface area contributed by atoms with Crippen LogP contribution < -0.4 is 4.90 Å². The second-order valence-electron chi connectivity index (χ2n) is 4.13. The molecule has 0 saturated carbocycles. The normalized spacial score (nSPS) is 18.8. The van der Waals surface area contributed by atoms with E-state index in [1.807, 2.05) is 0 Å². The molecule has 1 fully saturated rings. The SMILES string of the molecule is CC(=O)c1ccc(N2CCC(F)(F)C2)cc1. The first-order valence-corrected chi connectivity index (χ1v) is 5.22. The van der Waals surface area contributed by atoms with Crippen molar-refractivity contribution in [3.8, 4) is 0 Å². The van der Waals surface area contributed by atoms with Crippen LogP contribution in [0.25, 0.3) is 0 Å². The maximum atomic E-state index is 13.0. The predicted molar refractivity (Wildman–Crippen MR) is 58.2 cm³/mol. The van der Waals surface area contributed by atoms with E-state index in [1.165, 1.54) is 6.92 Å². The van der Waals surface area contributed by atoms with Gasteiger partial charge in [0.2, 0.25) is 0 Å². The van der Waals surface area contributed by atoms with Crippen LogP contribution in [0.4, 0.5) is 14.5 Å². The monoisotopic (exact) mass is 225 g/mol. The zero-order valence-electron chi connectivity index (χ0n) is 9.04. The fraction of sp³-hybridized carbons (Fsp3) is 0.417. The van der Waals surface area contributed by atoms with Gasteiger partial charge in [-0.1, -0.05) is 0 Å². The molecule has 1 saturated heterocycles. The number of hydrogen-bond donors (Lipinski definition) is 0. The minimum atomic E-state index is -2.58. The zero-order valence-corrected chi connectivity index (χ0v) is 9.04. The lowest BCUT2D eigenvalue weighted by atomic mass is 10.1. The van der Waals surface area contributed by atoms with Crippen molar-refractivity contribution >= 4 is 11.5 Å². The number of alkyl halides is 2. The van der Waals surface area contributed by atoms with E-state index < -0.39 is 5.92 Å². The second kappa shape index (κ2) is 3.85. The topological polar surface area (TPSA) is 20.3 Å². The molecule has 1 heterocycles. The highest BCUT2D eigenvalue weighted by molar-refractivity contribution is 5.94. The minimum absolute atomic E-state index is 0.0155. The number of benzene rings is 1. The average Bonchev–Trinajstić information content (AvgIpc) is 2.59. The zero-order chi connectivity index (χ0) is 11.8. The number of hydrogen-bond acceptors (Lipinski definition) is 2. The Kier molecular flexibility index (Phi) is 2.66. The van der Waals surface area contributed by atoms with Crippen LogP contribution in [-0.4, -0.2) is 24.8 Å². The van der Waals surface area contributed by atoms with Crippen LogP contribution in [0, 0.1) is 0 Å². The van der Waals surface area contributed by atoms with E-state index in [9.17, 15) is 13.6 Å². The molecular formula is C12H13F2NO. The van der Waals surface area contributed by atoms with Gasteiger partial charge in [-0.15, -0.1) is 0 Å². The highest BCUT2D eigenvalue weighted by Crippen LogP contribution is 2.30. The number of anilines is 1. The summed E-state index contributed by atoms with van der Waals surface area (Å²) in [7, 11) is 0. The molecule has 0 bridgehead atoms. The molecule has 1 aromatic rings. The van der Waals surface area contributed by atoms with Gasteiger partial charge >= 0.3 is 0 Å². The molecule has 1 aliphatic heterocycles. The van der Waals surface area contributed by atoms with Crippen LogP contribution in [0.3, 0.4) is 0 Å². The maximum absolute atomic E-state index is 13.0. The number of rotatable bonds is 2. The van der Waals surface area contributed by atoms with Crippen molar-refractivity contribution < 1.29 is 13.6 Å². The summed E-state index contributed by atoms with van der Waals surface area (Å²) >= 11 is 0. The van der Waals surface area contributed by atoms with Crippen LogP contribution in [0.1, 0.15) is 23.7 Å². The summed E-state index contributed by atoms with van der Waals surface area (Å²) in [5.74, 6) is -2.60. The Morgan fingerprint density at radius 1 is 1.31 bits per heavy atom. The molecule has 86 valence electrons. The van der Waals surface area contributed by atoms with E-state index in [0.717, 1.165) is 5.69 Å². The number of ketones is 1. The summed E-state index contributed by atoms with van der Waals surface area (Å²) in [5.41, 5.74) is 1.36. The Morgan fingerprint density at radius 2 is 1.94 bits per heavy atom. The molecule has 16 heavy (non-hydrogen) atoms. The molecule has 0 aromatic heterocycles. The molecule has 0 aliphatic carbocycles. The lowest BCUT2D eigenvalue weighted by Gasteiger charge is -2.18. The van der Waals surface area contributed by atoms with Crippen molar-refractivity contribution in [3.05, 3.63) is 29.8 Å². The fourth-order valence-corrected chi connectivity index (χ4v) is 1.86. The molecule has 4 heteroatoms. The first kappa shape index (κ1) is 11.0. The molecule has 0 unspecified atom stereocenters. The van der Waals surface area contributed by atoms with E-state index in [2.05, 4.69) is 0 Å². The molecule has 0 N–H and O–H groups in total. The molecule has 0 radical (unpaired) electrons. The second-order valence-corrected chi connectivity index (χ2v) is 4.13. The van der Waals surface area contributed by atoms with Crippen LogP contribution >= 0.6 is 0 Å². The van der Waals surface area contributed by atoms with Gasteiger partial charge < -0.3 is 4.90 Å². The average molecular weight is 225 g/mol. The highest BCUT2D eigenvalue weighted by atomic mass is 19.3. The van der Waals surface area contributed by atoms with Gasteiger partial charge in [0.1, 0.15) is 0 Å². The summed E-state index contributed by atoms with van der Waals surface area (Å²) in [4.78, 5) is 12.7. The van der Waals surface area contributed by atoms with Crippen molar-refractivity contribution in [1.29, 1.82) is 0 Å². The van der Waals surface area contributed by atoms with E-state index in [0.29, 0.717) is 12.1 Å². The van der Waals surface area contributed by atoms with E-state index in [4.69, 9.17) is 0 Å². The molecule has 0 amide bonds. The van der Waals surface area contributed by atoms with Gasteiger partial charge in [0, 0.05) is 24.2 Å². The summed E-state index contributed by atoms with van der Waals surface area (Å²) < 4.78 is 26.0. The molecule has 2 rings (SSSR count). The van der Waals surface area contributed by atoms with E-state index in [1.54, 1.807) is 29.2 Å². The number of Topliss-reactive ketones (excluding diaryl/α,β-unsaturated/α-hetero) is 1. The van der Waals surface area contributed by atoms with Gasteiger partial charge in [-0.05, 0) is 31.2 Å². The van der Waals surface area contributed by atoms with Crippen molar-refractivity contribution in [2.75, 3.05) is 18.0 Å². The molecule has 2 nitrogen and oxygen atoms in total. The smallest absolute Gasteiger partial charge is 0.266 e. The lowest BCUT2D eigenvalue weighted by molar-refractivity contribution is 0.0257. The van der Waals surface area contributed by atoms with Gasteiger partial charge in [0.05, 0.1) is 6.54 Å². The van der Waals surface area contributed by atoms with Crippen molar-refractivity contribution in [1.82, 2.24) is 0 Å². The van der Waals surface area contributed by atoms with Gasteiger partial charge in [0.15, 0.2) is 5.78 Å². The molecule has 0 atom stereocenters. The lowest BCUT2D eigenvalue weighted by Crippen LogP contribution is -2.24. The third-order valence-electron chi connectivity index (χ3n) is 2.81. The summed E-state index contributed by atoms with van der Waals surface area (Å²) in [6, 6.07) is 6.79. The first-order chi connectivity index (χ1) is 7.48. The number of carbonyl (C=O) groups is 1. The largest absolute Gasteiger partial charge is 0.365 e. The Morgan fingerprint density at radius 3 is 2.38 bits per heavy atom. The van der Waals surface area contributed by atoms with Gasteiger partial charge in [-0.25, -0.2) is 8.78 Å². The maximum Gasteiger partial charge on any atom is 0.266 e. The molecular weight excluding hydrogens is 212 g/mol. The Bertz CT molecular complexity index is 400. The first-order valence-electron chi connectivity index (χ1n) is 5.22. The Hall–Kier alpha value is -1.45. The molecule has 1 aromatic carbocycles. The molecule has 1 aliphatic rings. The summed E-state index contributed by atoms with van der Waals surface area (Å²) in [6.07, 6.45) is -0.0958. The van der Waals surface area contributed by atoms with Gasteiger partial charge in [-0.3, -0.25) is 4.79 Å².